The molecule has 0 unspecified atom stereocenters. The summed E-state index contributed by atoms with van der Waals surface area (Å²) in [7, 11) is 0. The number of carbonyl (C=O) groups is 1. The molecule has 0 atom stereocenters. The highest BCUT2D eigenvalue weighted by Crippen LogP contribution is 2.23. The lowest BCUT2D eigenvalue weighted by atomic mass is 10.1. The van der Waals surface area contributed by atoms with E-state index in [4.69, 9.17) is 0 Å². The quantitative estimate of drug-likeness (QED) is 0.782. The SMILES string of the molecule is Cc1cc2c(cc1F)c(=O)c(C(=O)O)cn2-c1ccc(F)cc1F. The van der Waals surface area contributed by atoms with Crippen LogP contribution >= 0.6 is 0 Å². The second-order valence-electron chi connectivity index (χ2n) is 5.26. The number of rotatable bonds is 2. The van der Waals surface area contributed by atoms with E-state index in [-0.39, 0.29) is 22.2 Å². The van der Waals surface area contributed by atoms with Crippen LogP contribution < -0.4 is 5.43 Å². The number of pyridine rings is 1. The second-order valence-corrected chi connectivity index (χ2v) is 5.26. The van der Waals surface area contributed by atoms with Crippen LogP contribution in [0, 0.1) is 24.4 Å². The number of halogens is 3. The number of carboxylic acids is 1. The molecule has 7 heteroatoms. The minimum Gasteiger partial charge on any atom is -0.477 e. The Morgan fingerprint density at radius 3 is 2.42 bits per heavy atom. The van der Waals surface area contributed by atoms with Gasteiger partial charge in [-0.1, -0.05) is 0 Å². The molecule has 1 heterocycles. The van der Waals surface area contributed by atoms with Crippen LogP contribution in [0.1, 0.15) is 15.9 Å². The van der Waals surface area contributed by atoms with Crippen molar-refractivity contribution in [2.75, 3.05) is 0 Å². The van der Waals surface area contributed by atoms with Gasteiger partial charge in [-0.05, 0) is 36.8 Å². The van der Waals surface area contributed by atoms with E-state index < -0.39 is 34.4 Å². The molecule has 4 nitrogen and oxygen atoms in total. The lowest BCUT2D eigenvalue weighted by molar-refractivity contribution is 0.0695. The maximum atomic E-state index is 14.1. The molecule has 0 saturated heterocycles. The molecule has 24 heavy (non-hydrogen) atoms. The molecule has 0 spiro atoms. The van der Waals surface area contributed by atoms with E-state index >= 15 is 0 Å². The summed E-state index contributed by atoms with van der Waals surface area (Å²) in [4.78, 5) is 23.5. The van der Waals surface area contributed by atoms with E-state index in [1.165, 1.54) is 13.0 Å². The summed E-state index contributed by atoms with van der Waals surface area (Å²) in [5, 5.41) is 8.97. The van der Waals surface area contributed by atoms with Gasteiger partial charge < -0.3 is 9.67 Å². The minimum atomic E-state index is -1.53. The molecule has 0 bridgehead atoms. The van der Waals surface area contributed by atoms with Crippen molar-refractivity contribution in [2.24, 2.45) is 0 Å². The number of nitrogens with zero attached hydrogens (tertiary/aromatic N) is 1. The van der Waals surface area contributed by atoms with Gasteiger partial charge in [0.25, 0.3) is 0 Å². The van der Waals surface area contributed by atoms with Crippen LogP contribution in [0.3, 0.4) is 0 Å². The van der Waals surface area contributed by atoms with E-state index in [9.17, 15) is 27.9 Å². The highest BCUT2D eigenvalue weighted by atomic mass is 19.1. The number of hydrogen-bond acceptors (Lipinski definition) is 2. The summed E-state index contributed by atoms with van der Waals surface area (Å²) < 4.78 is 42.1. The summed E-state index contributed by atoms with van der Waals surface area (Å²) in [6, 6.07) is 4.96. The van der Waals surface area contributed by atoms with Gasteiger partial charge in [0.15, 0.2) is 0 Å². The molecule has 0 amide bonds. The smallest absolute Gasteiger partial charge is 0.341 e. The molecular weight excluding hydrogens is 323 g/mol. The Kier molecular flexibility index (Phi) is 3.63. The van der Waals surface area contributed by atoms with Crippen molar-refractivity contribution in [3.05, 3.63) is 75.3 Å². The Bertz CT molecular complexity index is 1060. The summed E-state index contributed by atoms with van der Waals surface area (Å²) in [5.74, 6) is -3.96. The largest absolute Gasteiger partial charge is 0.477 e. The fourth-order valence-corrected chi connectivity index (χ4v) is 2.48. The number of fused-ring (bicyclic) bond motifs is 1. The first kappa shape index (κ1) is 15.8. The van der Waals surface area contributed by atoms with Gasteiger partial charge in [0.05, 0.1) is 11.2 Å². The van der Waals surface area contributed by atoms with E-state index in [0.717, 1.165) is 29.0 Å². The third-order valence-corrected chi connectivity index (χ3v) is 3.68. The normalized spacial score (nSPS) is 11.0. The second kappa shape index (κ2) is 5.52. The maximum absolute atomic E-state index is 14.1. The highest BCUT2D eigenvalue weighted by molar-refractivity contribution is 5.93. The lowest BCUT2D eigenvalue weighted by Crippen LogP contribution is -2.19. The van der Waals surface area contributed by atoms with Crippen molar-refractivity contribution < 1.29 is 23.1 Å². The first-order valence-corrected chi connectivity index (χ1v) is 6.84. The van der Waals surface area contributed by atoms with Crippen LogP contribution in [0.15, 0.2) is 41.3 Å². The molecule has 2 aromatic carbocycles. The molecule has 1 aromatic heterocycles. The minimum absolute atomic E-state index is 0.120. The third kappa shape index (κ3) is 2.44. The molecule has 3 aromatic rings. The molecule has 3 rings (SSSR count). The van der Waals surface area contributed by atoms with Gasteiger partial charge in [0.2, 0.25) is 5.43 Å². The molecule has 0 radical (unpaired) electrons. The molecule has 1 N–H and O–H groups in total. The predicted molar refractivity (Wildman–Crippen MR) is 81.1 cm³/mol. The van der Waals surface area contributed by atoms with E-state index in [1.54, 1.807) is 0 Å². The van der Waals surface area contributed by atoms with Crippen molar-refractivity contribution >= 4 is 16.9 Å². The Labute approximate surface area is 133 Å². The van der Waals surface area contributed by atoms with Crippen molar-refractivity contribution in [1.82, 2.24) is 4.57 Å². The Morgan fingerprint density at radius 2 is 1.79 bits per heavy atom. The van der Waals surface area contributed by atoms with Gasteiger partial charge in [-0.3, -0.25) is 4.79 Å². The van der Waals surface area contributed by atoms with Crippen LogP contribution in [-0.2, 0) is 0 Å². The highest BCUT2D eigenvalue weighted by Gasteiger charge is 2.18. The van der Waals surface area contributed by atoms with Crippen molar-refractivity contribution in [2.45, 2.75) is 6.92 Å². The fourth-order valence-electron chi connectivity index (χ4n) is 2.48. The summed E-state index contributed by atoms with van der Waals surface area (Å²) in [6.45, 7) is 1.45. The van der Waals surface area contributed by atoms with E-state index in [1.807, 2.05) is 0 Å². The molecule has 0 aliphatic heterocycles. The average molecular weight is 333 g/mol. The first-order chi connectivity index (χ1) is 11.3. The molecule has 122 valence electrons. The van der Waals surface area contributed by atoms with Gasteiger partial charge in [-0.25, -0.2) is 18.0 Å². The number of benzene rings is 2. The predicted octanol–water partition coefficient (Wildman–Crippen LogP) is 3.41. The zero-order chi connectivity index (χ0) is 17.6. The van der Waals surface area contributed by atoms with Crippen LogP contribution in [0.25, 0.3) is 16.6 Å². The summed E-state index contributed by atoms with van der Waals surface area (Å²) in [5.41, 5.74) is -1.37. The molecule has 0 saturated carbocycles. The van der Waals surface area contributed by atoms with Crippen LogP contribution in [-0.4, -0.2) is 15.6 Å². The number of aromatic carboxylic acids is 1. The number of hydrogen-bond donors (Lipinski definition) is 1. The number of aromatic nitrogens is 1. The molecule has 0 fully saturated rings. The zero-order valence-electron chi connectivity index (χ0n) is 12.3. The van der Waals surface area contributed by atoms with Crippen LogP contribution in [0.4, 0.5) is 13.2 Å². The van der Waals surface area contributed by atoms with Gasteiger partial charge >= 0.3 is 5.97 Å². The Hall–Kier alpha value is -3.09. The van der Waals surface area contributed by atoms with Crippen molar-refractivity contribution in [1.29, 1.82) is 0 Å². The fraction of sp³-hybridized carbons (Fsp3) is 0.0588. The van der Waals surface area contributed by atoms with Crippen molar-refractivity contribution in [3.63, 3.8) is 0 Å². The monoisotopic (exact) mass is 333 g/mol. The average Bonchev–Trinajstić information content (AvgIpc) is 2.50. The van der Waals surface area contributed by atoms with E-state index in [2.05, 4.69) is 0 Å². The van der Waals surface area contributed by atoms with Gasteiger partial charge in [0.1, 0.15) is 23.0 Å². The topological polar surface area (TPSA) is 59.3 Å². The van der Waals surface area contributed by atoms with E-state index in [0.29, 0.717) is 6.07 Å². The Balaban J connectivity index is 2.50. The van der Waals surface area contributed by atoms with Crippen LogP contribution in [0.2, 0.25) is 0 Å². The zero-order valence-corrected chi connectivity index (χ0v) is 12.3. The molecule has 0 aliphatic carbocycles. The summed E-state index contributed by atoms with van der Waals surface area (Å²) in [6.07, 6.45) is 0.945. The summed E-state index contributed by atoms with van der Waals surface area (Å²) >= 11 is 0. The standard InChI is InChI=1S/C17H10F3NO3/c1-8-4-15-10(6-12(8)19)16(22)11(17(23)24)7-21(15)14-3-2-9(18)5-13(14)20/h2-7H,1H3,(H,23,24). The van der Waals surface area contributed by atoms with Gasteiger partial charge in [-0.2, -0.15) is 0 Å². The van der Waals surface area contributed by atoms with Gasteiger partial charge in [0, 0.05) is 17.6 Å². The number of aryl methyl sites for hydroxylation is 1. The molecule has 0 aliphatic rings. The Morgan fingerprint density at radius 1 is 1.08 bits per heavy atom. The van der Waals surface area contributed by atoms with Gasteiger partial charge in [-0.15, -0.1) is 0 Å². The first-order valence-electron chi connectivity index (χ1n) is 6.84. The van der Waals surface area contributed by atoms with Crippen LogP contribution in [0.5, 0.6) is 0 Å². The maximum Gasteiger partial charge on any atom is 0.341 e. The molecular formula is C17H10F3NO3. The third-order valence-electron chi connectivity index (χ3n) is 3.68. The number of carboxylic acid groups (broad SMARTS) is 1. The lowest BCUT2D eigenvalue weighted by Gasteiger charge is -2.14. The van der Waals surface area contributed by atoms with Crippen molar-refractivity contribution in [3.8, 4) is 5.69 Å².